The van der Waals surface area contributed by atoms with Gasteiger partial charge in [0.25, 0.3) is 0 Å². The van der Waals surface area contributed by atoms with Crippen molar-refractivity contribution in [1.82, 2.24) is 0 Å². The van der Waals surface area contributed by atoms with E-state index in [9.17, 15) is 9.18 Å². The van der Waals surface area contributed by atoms with Gasteiger partial charge in [0.1, 0.15) is 5.75 Å². The fourth-order valence-corrected chi connectivity index (χ4v) is 1.34. The van der Waals surface area contributed by atoms with Crippen molar-refractivity contribution in [2.75, 3.05) is 6.67 Å². The third-order valence-corrected chi connectivity index (χ3v) is 2.04. The Bertz CT molecular complexity index is 366. The number of esters is 1. The van der Waals surface area contributed by atoms with Crippen molar-refractivity contribution in [3.63, 3.8) is 0 Å². The molecule has 1 aromatic rings. The van der Waals surface area contributed by atoms with Crippen LogP contribution in [-0.4, -0.2) is 12.6 Å². The molecular formula is C11H11ClFO2. The summed E-state index contributed by atoms with van der Waals surface area (Å²) in [5.74, 6) is 0.449. The molecule has 2 nitrogen and oxygen atoms in total. The average Bonchev–Trinajstić information content (AvgIpc) is 2.14. The first-order valence-corrected chi connectivity index (χ1v) is 4.78. The van der Waals surface area contributed by atoms with Gasteiger partial charge in [-0.15, -0.1) is 0 Å². The molecule has 81 valence electrons. The minimum atomic E-state index is -0.556. The summed E-state index contributed by atoms with van der Waals surface area (Å²) in [7, 11) is 0. The molecular weight excluding hydrogens is 219 g/mol. The Morgan fingerprint density at radius 1 is 1.40 bits per heavy atom. The summed E-state index contributed by atoms with van der Waals surface area (Å²) in [6, 6.07) is 4.73. The molecule has 1 radical (unpaired) electrons. The molecule has 0 N–H and O–H groups in total. The number of alkyl halides is 1. The van der Waals surface area contributed by atoms with Crippen molar-refractivity contribution in [3.05, 3.63) is 34.7 Å². The van der Waals surface area contributed by atoms with Gasteiger partial charge in [0, 0.05) is 17.9 Å². The van der Waals surface area contributed by atoms with Crippen LogP contribution in [0.1, 0.15) is 19.4 Å². The molecule has 0 saturated carbocycles. The van der Waals surface area contributed by atoms with Gasteiger partial charge >= 0.3 is 5.97 Å². The highest BCUT2D eigenvalue weighted by Crippen LogP contribution is 2.25. The first kappa shape index (κ1) is 12.0. The lowest BCUT2D eigenvalue weighted by Gasteiger charge is -2.09. The van der Waals surface area contributed by atoms with Gasteiger partial charge in [-0.1, -0.05) is 18.5 Å². The minimum absolute atomic E-state index is 0.331. The van der Waals surface area contributed by atoms with Gasteiger partial charge in [-0.2, -0.15) is 0 Å². The number of hydrogen-bond acceptors (Lipinski definition) is 2. The van der Waals surface area contributed by atoms with Crippen molar-refractivity contribution in [3.8, 4) is 5.75 Å². The van der Waals surface area contributed by atoms with Gasteiger partial charge in [-0.25, -0.2) is 0 Å². The van der Waals surface area contributed by atoms with Crippen LogP contribution in [0.2, 0.25) is 5.02 Å². The Labute approximate surface area is 93.0 Å². The monoisotopic (exact) mass is 229 g/mol. The minimum Gasteiger partial charge on any atom is -0.427 e. The molecule has 0 aromatic heterocycles. The molecule has 15 heavy (non-hydrogen) atoms. The number of carbonyl (C=O) groups excluding carboxylic acids is 1. The maximum Gasteiger partial charge on any atom is 0.308 e. The molecule has 0 aliphatic rings. The van der Waals surface area contributed by atoms with Crippen molar-refractivity contribution in [1.29, 1.82) is 0 Å². The number of benzene rings is 1. The Balaban J connectivity index is 2.99. The van der Waals surface area contributed by atoms with Crippen LogP contribution in [0.15, 0.2) is 18.2 Å². The number of ether oxygens (including phenoxy) is 1. The number of hydrogen-bond donors (Lipinski definition) is 0. The molecule has 0 saturated heterocycles. The largest absolute Gasteiger partial charge is 0.427 e. The second-order valence-electron chi connectivity index (χ2n) is 3.18. The van der Waals surface area contributed by atoms with Crippen LogP contribution >= 0.6 is 11.6 Å². The van der Waals surface area contributed by atoms with Crippen LogP contribution in [0.3, 0.4) is 0 Å². The molecule has 0 atom stereocenters. The van der Waals surface area contributed by atoms with Crippen LogP contribution in [-0.2, 0) is 4.79 Å². The van der Waals surface area contributed by atoms with Crippen LogP contribution < -0.4 is 4.74 Å². The van der Waals surface area contributed by atoms with Crippen molar-refractivity contribution in [2.24, 2.45) is 0 Å². The maximum absolute atomic E-state index is 12.4. The van der Waals surface area contributed by atoms with E-state index in [0.29, 0.717) is 22.3 Å². The van der Waals surface area contributed by atoms with Gasteiger partial charge in [0.2, 0.25) is 0 Å². The third kappa shape index (κ3) is 3.51. The SMILES string of the molecule is C[C](CF)c1cc(Cl)cc(OC(C)=O)c1. The van der Waals surface area contributed by atoms with Crippen LogP contribution in [0, 0.1) is 5.92 Å². The lowest BCUT2D eigenvalue weighted by Crippen LogP contribution is -2.03. The van der Waals surface area contributed by atoms with Gasteiger partial charge < -0.3 is 4.74 Å². The van der Waals surface area contributed by atoms with Crippen molar-refractivity contribution >= 4 is 17.6 Å². The molecule has 0 heterocycles. The topological polar surface area (TPSA) is 26.3 Å². The number of rotatable bonds is 3. The second-order valence-corrected chi connectivity index (χ2v) is 3.62. The molecule has 0 unspecified atom stereocenters. The van der Waals surface area contributed by atoms with E-state index in [1.165, 1.54) is 13.0 Å². The molecule has 0 amide bonds. The molecule has 0 aliphatic carbocycles. The first-order chi connectivity index (χ1) is 7.02. The molecule has 0 aliphatic heterocycles. The summed E-state index contributed by atoms with van der Waals surface area (Å²) in [6.07, 6.45) is 0. The fourth-order valence-electron chi connectivity index (χ4n) is 1.11. The summed E-state index contributed by atoms with van der Waals surface area (Å²) in [5, 5.41) is 0.413. The predicted octanol–water partition coefficient (Wildman–Crippen LogP) is 3.18. The predicted molar refractivity (Wildman–Crippen MR) is 56.8 cm³/mol. The zero-order valence-corrected chi connectivity index (χ0v) is 9.27. The van der Waals surface area contributed by atoms with E-state index >= 15 is 0 Å². The zero-order chi connectivity index (χ0) is 11.4. The van der Waals surface area contributed by atoms with Crippen molar-refractivity contribution < 1.29 is 13.9 Å². The number of halogens is 2. The van der Waals surface area contributed by atoms with Crippen molar-refractivity contribution in [2.45, 2.75) is 13.8 Å². The normalized spacial score (nSPS) is 10.5. The second kappa shape index (κ2) is 5.12. The van der Waals surface area contributed by atoms with E-state index in [2.05, 4.69) is 0 Å². The van der Waals surface area contributed by atoms with E-state index in [4.69, 9.17) is 16.3 Å². The highest BCUT2D eigenvalue weighted by Gasteiger charge is 2.09. The average molecular weight is 230 g/mol. The molecule has 1 aromatic carbocycles. The zero-order valence-electron chi connectivity index (χ0n) is 8.51. The Hall–Kier alpha value is -1.09. The van der Waals surface area contributed by atoms with Gasteiger partial charge in [-0.05, 0) is 23.8 Å². The van der Waals surface area contributed by atoms with E-state index in [0.717, 1.165) is 0 Å². The van der Waals surface area contributed by atoms with Crippen LogP contribution in [0.5, 0.6) is 5.75 Å². The lowest BCUT2D eigenvalue weighted by molar-refractivity contribution is -0.131. The summed E-state index contributed by atoms with van der Waals surface area (Å²) in [6.45, 7) is 2.40. The smallest absolute Gasteiger partial charge is 0.308 e. The summed E-state index contributed by atoms with van der Waals surface area (Å²) in [4.78, 5) is 10.7. The van der Waals surface area contributed by atoms with E-state index in [-0.39, 0.29) is 0 Å². The lowest BCUT2D eigenvalue weighted by atomic mass is 10.0. The van der Waals surface area contributed by atoms with Gasteiger partial charge in [0.15, 0.2) is 0 Å². The molecule has 0 bridgehead atoms. The Morgan fingerprint density at radius 2 is 2.07 bits per heavy atom. The highest BCUT2D eigenvalue weighted by molar-refractivity contribution is 6.30. The first-order valence-electron chi connectivity index (χ1n) is 4.40. The summed E-state index contributed by atoms with van der Waals surface area (Å²) >= 11 is 5.81. The molecule has 4 heteroatoms. The quantitative estimate of drug-likeness (QED) is 0.588. The van der Waals surface area contributed by atoms with Crippen LogP contribution in [0.25, 0.3) is 0 Å². The molecule has 0 fully saturated rings. The van der Waals surface area contributed by atoms with Crippen LogP contribution in [0.4, 0.5) is 4.39 Å². The van der Waals surface area contributed by atoms with Gasteiger partial charge in [-0.3, -0.25) is 9.18 Å². The van der Waals surface area contributed by atoms with Gasteiger partial charge in [0.05, 0.1) is 6.67 Å². The molecule has 1 rings (SSSR count). The Kier molecular flexibility index (Phi) is 4.09. The maximum atomic E-state index is 12.4. The highest BCUT2D eigenvalue weighted by atomic mass is 35.5. The Morgan fingerprint density at radius 3 is 2.60 bits per heavy atom. The number of carbonyl (C=O) groups is 1. The summed E-state index contributed by atoms with van der Waals surface area (Å²) < 4.78 is 17.3. The molecule has 0 spiro atoms. The van der Waals surface area contributed by atoms with E-state index < -0.39 is 12.6 Å². The summed E-state index contributed by atoms with van der Waals surface area (Å²) in [5.41, 5.74) is 0.640. The fraction of sp³-hybridized carbons (Fsp3) is 0.273. The van der Waals surface area contributed by atoms with E-state index in [1.54, 1.807) is 19.1 Å². The third-order valence-electron chi connectivity index (χ3n) is 1.83. The standard InChI is InChI=1S/C11H11ClFO2/c1-7(6-13)9-3-10(12)5-11(4-9)15-8(2)14/h3-5H,6H2,1-2H3. The van der Waals surface area contributed by atoms with E-state index in [1.807, 2.05) is 0 Å².